The molecule has 2 aromatic rings. The molecule has 1 aromatic carbocycles. The molecule has 2 aliphatic heterocycles. The first-order valence-corrected chi connectivity index (χ1v) is 9.77. The van der Waals surface area contributed by atoms with Crippen LogP contribution in [0.15, 0.2) is 41.4 Å². The minimum Gasteiger partial charge on any atom is -0.372 e. The average Bonchev–Trinajstić information content (AvgIpc) is 3.23. The minimum atomic E-state index is -0.835. The van der Waals surface area contributed by atoms with E-state index in [1.807, 2.05) is 18.7 Å². The van der Waals surface area contributed by atoms with Crippen LogP contribution >= 0.6 is 11.3 Å². The Balaban J connectivity index is 1.84. The van der Waals surface area contributed by atoms with Crippen molar-refractivity contribution in [1.82, 2.24) is 4.90 Å². The number of imide groups is 1. The van der Waals surface area contributed by atoms with Crippen molar-refractivity contribution in [2.45, 2.75) is 26.1 Å². The summed E-state index contributed by atoms with van der Waals surface area (Å²) in [5.41, 5.74) is 0.0384. The maximum absolute atomic E-state index is 14.4. The summed E-state index contributed by atoms with van der Waals surface area (Å²) in [4.78, 5) is 29.6. The lowest BCUT2D eigenvalue weighted by Gasteiger charge is -2.37. The van der Waals surface area contributed by atoms with Gasteiger partial charge in [0.2, 0.25) is 0 Å². The van der Waals surface area contributed by atoms with Crippen molar-refractivity contribution in [2.24, 2.45) is 0 Å². The molecule has 2 unspecified atom stereocenters. The number of carbonyl (C=O) groups excluding carboxylic acids is 2. The number of hydrogen-bond acceptors (Lipinski definition) is 5. The number of amides is 2. The second kappa shape index (κ2) is 7.10. The predicted molar refractivity (Wildman–Crippen MR) is 102 cm³/mol. The summed E-state index contributed by atoms with van der Waals surface area (Å²) in [6.45, 7) is 4.62. The number of rotatable bonds is 3. The molecule has 0 N–H and O–H groups in total. The van der Waals surface area contributed by atoms with Crippen LogP contribution in [0, 0.1) is 11.6 Å². The highest BCUT2D eigenvalue weighted by Crippen LogP contribution is 2.38. The maximum Gasteiger partial charge on any atom is 0.282 e. The van der Waals surface area contributed by atoms with Gasteiger partial charge in [0.05, 0.1) is 23.5 Å². The van der Waals surface area contributed by atoms with Crippen LogP contribution < -0.4 is 4.90 Å². The Morgan fingerprint density at radius 3 is 2.43 bits per heavy atom. The Kier molecular flexibility index (Phi) is 4.76. The summed E-state index contributed by atoms with van der Waals surface area (Å²) in [5.74, 6) is -2.87. The van der Waals surface area contributed by atoms with E-state index in [1.165, 1.54) is 11.3 Å². The van der Waals surface area contributed by atoms with E-state index in [0.717, 1.165) is 23.1 Å². The van der Waals surface area contributed by atoms with Gasteiger partial charge < -0.3 is 9.64 Å². The molecule has 0 saturated carbocycles. The first-order valence-electron chi connectivity index (χ1n) is 8.89. The zero-order valence-electron chi connectivity index (χ0n) is 15.3. The Labute approximate surface area is 164 Å². The van der Waals surface area contributed by atoms with Gasteiger partial charge in [-0.1, -0.05) is 6.07 Å². The zero-order valence-corrected chi connectivity index (χ0v) is 16.1. The number of carbonyl (C=O) groups is 2. The van der Waals surface area contributed by atoms with Crippen LogP contribution in [0.4, 0.5) is 14.5 Å². The van der Waals surface area contributed by atoms with E-state index in [1.54, 1.807) is 17.5 Å². The number of nitrogens with zero attached hydrogens (tertiary/aromatic N) is 2. The molecule has 2 amide bonds. The number of hydrogen-bond donors (Lipinski definition) is 0. The quantitative estimate of drug-likeness (QED) is 0.736. The van der Waals surface area contributed by atoms with Crippen LogP contribution in [0.3, 0.4) is 0 Å². The summed E-state index contributed by atoms with van der Waals surface area (Å²) >= 11 is 1.32. The van der Waals surface area contributed by atoms with Gasteiger partial charge in [0.15, 0.2) is 0 Å². The first-order chi connectivity index (χ1) is 13.4. The van der Waals surface area contributed by atoms with Crippen LogP contribution in [0.25, 0.3) is 5.57 Å². The summed E-state index contributed by atoms with van der Waals surface area (Å²) in [6, 6.07) is 6.24. The second-order valence-electron chi connectivity index (χ2n) is 6.90. The smallest absolute Gasteiger partial charge is 0.282 e. The Bertz CT molecular complexity index is 964. The van der Waals surface area contributed by atoms with Crippen molar-refractivity contribution in [3.8, 4) is 0 Å². The molecule has 28 heavy (non-hydrogen) atoms. The maximum atomic E-state index is 14.4. The van der Waals surface area contributed by atoms with Crippen molar-refractivity contribution in [3.05, 3.63) is 57.9 Å². The standard InChI is InChI=1S/C20H18F2N2O3S/c1-11-9-23(10-12(2)27-11)18-17(16-4-3-7-28-16)19(25)24(20(18)26)15-8-13(21)5-6-14(15)22/h3-8,11-12H,9-10H2,1-2H3. The highest BCUT2D eigenvalue weighted by atomic mass is 32.1. The molecule has 4 rings (SSSR count). The van der Waals surface area contributed by atoms with E-state index in [4.69, 9.17) is 4.74 Å². The fraction of sp³-hybridized carbons (Fsp3) is 0.300. The summed E-state index contributed by atoms with van der Waals surface area (Å²) < 4.78 is 33.8. The number of halogens is 2. The average molecular weight is 404 g/mol. The normalized spacial score (nSPS) is 23.1. The summed E-state index contributed by atoms with van der Waals surface area (Å²) in [6.07, 6.45) is -0.271. The molecule has 5 nitrogen and oxygen atoms in total. The van der Waals surface area contributed by atoms with Crippen LogP contribution in [0.1, 0.15) is 18.7 Å². The van der Waals surface area contributed by atoms with Crippen LogP contribution in [-0.4, -0.2) is 42.0 Å². The molecule has 2 atom stereocenters. The van der Waals surface area contributed by atoms with E-state index < -0.39 is 23.4 Å². The van der Waals surface area contributed by atoms with Crippen molar-refractivity contribution in [1.29, 1.82) is 0 Å². The number of morpholine rings is 1. The van der Waals surface area contributed by atoms with E-state index in [0.29, 0.717) is 18.0 Å². The van der Waals surface area contributed by atoms with E-state index in [2.05, 4.69) is 0 Å². The largest absolute Gasteiger partial charge is 0.372 e. The molecule has 0 bridgehead atoms. The molecular weight excluding hydrogens is 386 g/mol. The van der Waals surface area contributed by atoms with Crippen molar-refractivity contribution in [2.75, 3.05) is 18.0 Å². The molecule has 1 aromatic heterocycles. The van der Waals surface area contributed by atoms with Gasteiger partial charge in [0, 0.05) is 24.0 Å². The lowest BCUT2D eigenvalue weighted by molar-refractivity contribution is -0.121. The van der Waals surface area contributed by atoms with Gasteiger partial charge in [-0.3, -0.25) is 9.59 Å². The SMILES string of the molecule is CC1CN(C2=C(c3cccs3)C(=O)N(c3cc(F)ccc3F)C2=O)CC(C)O1. The summed E-state index contributed by atoms with van der Waals surface area (Å²) in [5, 5.41) is 1.80. The Hall–Kier alpha value is -2.58. The molecule has 0 spiro atoms. The predicted octanol–water partition coefficient (Wildman–Crippen LogP) is 3.42. The van der Waals surface area contributed by atoms with Crippen LogP contribution in [0.2, 0.25) is 0 Å². The van der Waals surface area contributed by atoms with Gasteiger partial charge >= 0.3 is 0 Å². The second-order valence-corrected chi connectivity index (χ2v) is 7.85. The fourth-order valence-corrected chi connectivity index (χ4v) is 4.45. The molecule has 3 heterocycles. The van der Waals surface area contributed by atoms with Crippen LogP contribution in [-0.2, 0) is 14.3 Å². The highest BCUT2D eigenvalue weighted by Gasteiger charge is 2.45. The molecular formula is C20H18F2N2O3S. The molecule has 8 heteroatoms. The van der Waals surface area contributed by atoms with Gasteiger partial charge in [-0.2, -0.15) is 0 Å². The number of anilines is 1. The zero-order chi connectivity index (χ0) is 20.0. The monoisotopic (exact) mass is 404 g/mol. The third-order valence-electron chi connectivity index (χ3n) is 4.71. The third kappa shape index (κ3) is 3.12. The lowest BCUT2D eigenvalue weighted by atomic mass is 10.1. The Morgan fingerprint density at radius 1 is 1.07 bits per heavy atom. The van der Waals surface area contributed by atoms with Gasteiger partial charge in [0.1, 0.15) is 17.3 Å². The highest BCUT2D eigenvalue weighted by molar-refractivity contribution is 7.11. The minimum absolute atomic E-state index is 0.135. The van der Waals surface area contributed by atoms with Crippen LogP contribution in [0.5, 0.6) is 0 Å². The lowest BCUT2D eigenvalue weighted by Crippen LogP contribution is -2.47. The van der Waals surface area contributed by atoms with Crippen molar-refractivity contribution >= 4 is 34.4 Å². The van der Waals surface area contributed by atoms with Gasteiger partial charge in [0.25, 0.3) is 11.8 Å². The van der Waals surface area contributed by atoms with E-state index in [-0.39, 0.29) is 29.2 Å². The fourth-order valence-electron chi connectivity index (χ4n) is 3.69. The number of benzene rings is 1. The molecule has 0 radical (unpaired) electrons. The summed E-state index contributed by atoms with van der Waals surface area (Å²) in [7, 11) is 0. The van der Waals surface area contributed by atoms with Crippen molar-refractivity contribution in [3.63, 3.8) is 0 Å². The topological polar surface area (TPSA) is 49.9 Å². The van der Waals surface area contributed by atoms with Crippen molar-refractivity contribution < 1.29 is 23.1 Å². The molecule has 1 fully saturated rings. The number of thiophene rings is 1. The first kappa shape index (κ1) is 18.8. The van der Waals surface area contributed by atoms with Gasteiger partial charge in [-0.25, -0.2) is 13.7 Å². The molecule has 2 aliphatic rings. The van der Waals surface area contributed by atoms with Gasteiger partial charge in [-0.05, 0) is 37.4 Å². The third-order valence-corrected chi connectivity index (χ3v) is 5.60. The molecule has 146 valence electrons. The van der Waals surface area contributed by atoms with Gasteiger partial charge in [-0.15, -0.1) is 11.3 Å². The van der Waals surface area contributed by atoms with E-state index >= 15 is 0 Å². The Morgan fingerprint density at radius 2 is 1.79 bits per heavy atom. The van der Waals surface area contributed by atoms with E-state index in [9.17, 15) is 18.4 Å². The molecule has 0 aliphatic carbocycles. The molecule has 1 saturated heterocycles. The number of ether oxygens (including phenoxy) is 1.